The van der Waals surface area contributed by atoms with E-state index in [-0.39, 0.29) is 28.5 Å². The Kier molecular flexibility index (Phi) is 6.43. The van der Waals surface area contributed by atoms with Gasteiger partial charge in [0, 0.05) is 29.1 Å². The van der Waals surface area contributed by atoms with Crippen LogP contribution in [-0.4, -0.2) is 45.1 Å². The highest BCUT2D eigenvalue weighted by molar-refractivity contribution is 6.31. The monoisotopic (exact) mass is 564 g/mol. The van der Waals surface area contributed by atoms with Crippen LogP contribution >= 0.6 is 11.6 Å². The van der Waals surface area contributed by atoms with Crippen LogP contribution in [-0.2, 0) is 6.54 Å². The number of aromatic amines is 1. The lowest BCUT2D eigenvalue weighted by Gasteiger charge is -2.18. The van der Waals surface area contributed by atoms with E-state index in [0.717, 1.165) is 6.20 Å². The molecule has 0 radical (unpaired) electrons. The molecule has 0 spiro atoms. The van der Waals surface area contributed by atoms with Gasteiger partial charge in [-0.15, -0.1) is 4.68 Å². The van der Waals surface area contributed by atoms with Gasteiger partial charge in [-0.25, -0.2) is 13.8 Å². The van der Waals surface area contributed by atoms with Gasteiger partial charge in [0.05, 0.1) is 41.4 Å². The number of H-pyrrole nitrogens is 1. The maximum absolute atomic E-state index is 15.2. The highest BCUT2D eigenvalue weighted by Crippen LogP contribution is 2.32. The summed E-state index contributed by atoms with van der Waals surface area (Å²) in [6.07, 6.45) is 8.30. The number of rotatable bonds is 7. The Bertz CT molecular complexity index is 1800. The Morgan fingerprint density at radius 1 is 0.975 bits per heavy atom. The molecule has 40 heavy (non-hydrogen) atoms. The quantitative estimate of drug-likeness (QED) is 0.224. The van der Waals surface area contributed by atoms with Crippen LogP contribution in [0.3, 0.4) is 0 Å². The third-order valence-corrected chi connectivity index (χ3v) is 6.48. The molecule has 0 amide bonds. The van der Waals surface area contributed by atoms with E-state index in [1.807, 2.05) is 0 Å². The Hall–Kier alpha value is -5.11. The van der Waals surface area contributed by atoms with Gasteiger partial charge >= 0.3 is 0 Å². The van der Waals surface area contributed by atoms with Crippen molar-refractivity contribution in [3.8, 4) is 27.9 Å². The first-order chi connectivity index (χ1) is 19.4. The molecule has 1 aromatic carbocycles. The molecular formula is C25H18ClF3N11+. The van der Waals surface area contributed by atoms with E-state index < -0.39 is 23.6 Å². The second kappa shape index (κ2) is 10.2. The van der Waals surface area contributed by atoms with Gasteiger partial charge in [-0.3, -0.25) is 14.3 Å². The average molecular weight is 565 g/mol. The molecule has 200 valence electrons. The molecule has 0 bridgehead atoms. The summed E-state index contributed by atoms with van der Waals surface area (Å²) < 4.78 is 47.8. The van der Waals surface area contributed by atoms with Crippen LogP contribution in [0.15, 0.2) is 73.7 Å². The highest BCUT2D eigenvalue weighted by atomic mass is 35.5. The number of hydrogen-bond donors (Lipinski definition) is 2. The fourth-order valence-corrected chi connectivity index (χ4v) is 4.46. The molecule has 0 unspecified atom stereocenters. The normalized spacial score (nSPS) is 12.1. The molecule has 5 heterocycles. The summed E-state index contributed by atoms with van der Waals surface area (Å²) >= 11 is 6.09. The van der Waals surface area contributed by atoms with Crippen molar-refractivity contribution in [1.29, 1.82) is 0 Å². The predicted octanol–water partition coefficient (Wildman–Crippen LogP) is 3.54. The molecule has 0 aliphatic rings. The lowest BCUT2D eigenvalue weighted by molar-refractivity contribution is -0.659. The maximum atomic E-state index is 15.2. The Morgan fingerprint density at radius 3 is 2.55 bits per heavy atom. The Labute approximate surface area is 228 Å². The zero-order valence-corrected chi connectivity index (χ0v) is 21.1. The number of tetrazole rings is 1. The van der Waals surface area contributed by atoms with Crippen LogP contribution in [0.25, 0.3) is 27.9 Å². The van der Waals surface area contributed by atoms with Gasteiger partial charge < -0.3 is 5.73 Å². The average Bonchev–Trinajstić information content (AvgIpc) is 3.72. The van der Waals surface area contributed by atoms with Crippen molar-refractivity contribution in [2.45, 2.75) is 12.6 Å². The van der Waals surface area contributed by atoms with Crippen LogP contribution in [0.4, 0.5) is 19.0 Å². The van der Waals surface area contributed by atoms with Crippen LogP contribution < -0.4 is 10.4 Å². The van der Waals surface area contributed by atoms with E-state index in [1.54, 1.807) is 29.1 Å². The number of pyridine rings is 2. The van der Waals surface area contributed by atoms with Crippen molar-refractivity contribution in [1.82, 2.24) is 45.1 Å². The van der Waals surface area contributed by atoms with E-state index in [9.17, 15) is 8.78 Å². The van der Waals surface area contributed by atoms with Crippen LogP contribution in [0.2, 0.25) is 5.02 Å². The first kappa shape index (κ1) is 25.2. The molecule has 0 saturated heterocycles. The third-order valence-electron chi connectivity index (χ3n) is 6.19. The molecule has 6 rings (SSSR count). The molecular weight excluding hydrogens is 547 g/mol. The van der Waals surface area contributed by atoms with Gasteiger partial charge in [-0.1, -0.05) is 22.9 Å². The fourth-order valence-electron chi connectivity index (χ4n) is 4.30. The van der Waals surface area contributed by atoms with E-state index in [0.29, 0.717) is 22.5 Å². The standard InChI is InChI=1S/C25H17ClF3N11/c26-18-3-5-20(40-13-32-36-37-40)23(24(18)28)14-1-4-19(31-7-14)21(12-38-11-16(27)9-33-38)39-10-15(8-34-39)17-2-6-22(30)35-25(17)29/h1-11,13,21H,12H2,(H2,30,35)/p+1/t21-/m0/s1. The third kappa shape index (κ3) is 4.75. The van der Waals surface area contributed by atoms with Crippen LogP contribution in [0.1, 0.15) is 11.7 Å². The molecule has 3 N–H and O–H groups in total. The second-order valence-electron chi connectivity index (χ2n) is 8.71. The van der Waals surface area contributed by atoms with Crippen molar-refractivity contribution in [3.63, 3.8) is 0 Å². The predicted molar refractivity (Wildman–Crippen MR) is 136 cm³/mol. The molecule has 6 aromatic rings. The number of hydrogen-bond acceptors (Lipinski definition) is 7. The number of nitrogens with two attached hydrogens (primary N) is 1. The summed E-state index contributed by atoms with van der Waals surface area (Å²) in [6, 6.07) is 8.82. The Balaban J connectivity index is 1.40. The van der Waals surface area contributed by atoms with Gasteiger partial charge in [0.2, 0.25) is 5.95 Å². The molecule has 11 nitrogen and oxygen atoms in total. The lowest BCUT2D eigenvalue weighted by atomic mass is 10.0. The minimum absolute atomic E-state index is 0.0537. The number of nitrogens with zero attached hydrogens (tertiary/aromatic N) is 9. The molecule has 15 heteroatoms. The largest absolute Gasteiger partial charge is 0.384 e. The van der Waals surface area contributed by atoms with Crippen molar-refractivity contribution >= 4 is 17.4 Å². The fraction of sp³-hybridized carbons (Fsp3) is 0.0800. The minimum Gasteiger partial charge on any atom is -0.384 e. The zero-order valence-electron chi connectivity index (χ0n) is 20.3. The molecule has 0 aliphatic carbocycles. The summed E-state index contributed by atoms with van der Waals surface area (Å²) in [5.74, 6) is -1.83. The SMILES string of the molecule is Nc1ccc(-c2cnn([C@@H](Cn3cc(F)cn3)c3ccc(-c4c(-[n+]5cnn[nH]5)ccc(Cl)c4F)cn3)c2)c(F)n1. The number of nitrogens with one attached hydrogen (secondary N) is 1. The summed E-state index contributed by atoms with van der Waals surface area (Å²) in [5, 5.41) is 18.4. The topological polar surface area (TPSA) is 133 Å². The highest BCUT2D eigenvalue weighted by Gasteiger charge is 2.23. The number of nitrogen functional groups attached to an aromatic ring is 1. The van der Waals surface area contributed by atoms with E-state index in [4.69, 9.17) is 17.3 Å². The van der Waals surface area contributed by atoms with Crippen molar-refractivity contribution in [2.24, 2.45) is 0 Å². The van der Waals surface area contributed by atoms with Gasteiger partial charge in [0.25, 0.3) is 6.33 Å². The lowest BCUT2D eigenvalue weighted by Crippen LogP contribution is -2.33. The van der Waals surface area contributed by atoms with Gasteiger partial charge in [-0.2, -0.15) is 14.6 Å². The van der Waals surface area contributed by atoms with E-state index >= 15 is 4.39 Å². The van der Waals surface area contributed by atoms with Crippen LogP contribution in [0, 0.1) is 17.6 Å². The van der Waals surface area contributed by atoms with Gasteiger partial charge in [0.15, 0.2) is 16.8 Å². The van der Waals surface area contributed by atoms with Gasteiger partial charge in [0.1, 0.15) is 22.6 Å². The molecule has 1 atom stereocenters. The summed E-state index contributed by atoms with van der Waals surface area (Å²) in [7, 11) is 0. The van der Waals surface area contributed by atoms with Crippen molar-refractivity contribution in [2.75, 3.05) is 5.73 Å². The first-order valence-electron chi connectivity index (χ1n) is 11.7. The molecule has 0 saturated carbocycles. The number of halogens is 4. The summed E-state index contributed by atoms with van der Waals surface area (Å²) in [4.78, 5) is 8.24. The minimum atomic E-state index is -0.739. The Morgan fingerprint density at radius 2 is 1.85 bits per heavy atom. The molecule has 0 aliphatic heterocycles. The number of benzene rings is 1. The second-order valence-corrected chi connectivity index (χ2v) is 9.12. The number of aromatic nitrogens is 10. The van der Waals surface area contributed by atoms with Crippen LogP contribution in [0.5, 0.6) is 0 Å². The van der Waals surface area contributed by atoms with Gasteiger partial charge in [-0.05, 0) is 30.3 Å². The summed E-state index contributed by atoms with van der Waals surface area (Å²) in [6.45, 7) is 0.145. The molecule has 0 fully saturated rings. The van der Waals surface area contributed by atoms with Crippen molar-refractivity contribution in [3.05, 3.63) is 102 Å². The van der Waals surface area contributed by atoms with Crippen molar-refractivity contribution < 1.29 is 17.9 Å². The smallest absolute Gasteiger partial charge is 0.293 e. The van der Waals surface area contributed by atoms with E-state index in [2.05, 4.69) is 35.7 Å². The zero-order chi connectivity index (χ0) is 27.8. The number of anilines is 1. The maximum Gasteiger partial charge on any atom is 0.293 e. The first-order valence-corrected chi connectivity index (χ1v) is 12.1. The molecule has 5 aromatic heterocycles. The summed E-state index contributed by atoms with van der Waals surface area (Å²) in [5.41, 5.74) is 7.77. The van der Waals surface area contributed by atoms with E-state index in [1.165, 1.54) is 52.5 Å².